The van der Waals surface area contributed by atoms with E-state index >= 15 is 0 Å². The van der Waals surface area contributed by atoms with E-state index in [0.29, 0.717) is 0 Å². The van der Waals surface area contributed by atoms with Gasteiger partial charge in [-0.05, 0) is 188 Å². The second-order valence-electron chi connectivity index (χ2n) is 19.7. The van der Waals surface area contributed by atoms with Crippen molar-refractivity contribution in [1.29, 1.82) is 0 Å². The molecular weight excluding hydrogens is 874 g/mol. The van der Waals surface area contributed by atoms with Crippen molar-refractivity contribution in [3.63, 3.8) is 0 Å². The first-order valence-electron chi connectivity index (χ1n) is 26.1. The van der Waals surface area contributed by atoms with Crippen molar-refractivity contribution < 1.29 is 4.74 Å². The Hall–Kier alpha value is -7.50. The quantitative estimate of drug-likeness (QED) is 0.100. The Morgan fingerprint density at radius 2 is 1.35 bits per heavy atom. The van der Waals surface area contributed by atoms with Gasteiger partial charge in [-0.15, -0.1) is 0 Å². The zero-order valence-corrected chi connectivity index (χ0v) is 44.8. The summed E-state index contributed by atoms with van der Waals surface area (Å²) < 4.78 is 6.31. The Bertz CT molecular complexity index is 3200. The molecule has 0 N–H and O–H groups in total. The van der Waals surface area contributed by atoms with Gasteiger partial charge in [-0.25, -0.2) is 0 Å². The fourth-order valence-corrected chi connectivity index (χ4v) is 10.0. The van der Waals surface area contributed by atoms with Crippen molar-refractivity contribution in [3.05, 3.63) is 233 Å². The molecule has 0 atom stereocenters. The largest absolute Gasteiger partial charge is 0.457 e. The zero-order chi connectivity index (χ0) is 51.3. The van der Waals surface area contributed by atoms with Crippen LogP contribution in [0.2, 0.25) is 0 Å². The molecule has 0 saturated heterocycles. The average molecular weight is 946 g/mol. The van der Waals surface area contributed by atoms with Crippen molar-refractivity contribution in [2.24, 2.45) is 0 Å². The molecule has 0 saturated carbocycles. The predicted octanol–water partition coefficient (Wildman–Crippen LogP) is 17.4. The third-order valence-electron chi connectivity index (χ3n) is 13.7. The number of ether oxygens (including phenoxy) is 1. The van der Waals surface area contributed by atoms with E-state index in [1.54, 1.807) is 0 Å². The first kappa shape index (κ1) is 50.9. The van der Waals surface area contributed by atoms with Crippen molar-refractivity contribution in [1.82, 2.24) is 0 Å². The Morgan fingerprint density at radius 3 is 2.03 bits per heavy atom. The van der Waals surface area contributed by atoms with Crippen molar-refractivity contribution in [3.8, 4) is 11.5 Å². The predicted molar refractivity (Wildman–Crippen MR) is 315 cm³/mol. The number of anilines is 7. The number of nitrogens with zero attached hydrogens (tertiary/aromatic N) is 3. The van der Waals surface area contributed by atoms with Gasteiger partial charge in [0.1, 0.15) is 11.5 Å². The van der Waals surface area contributed by atoms with E-state index in [0.717, 1.165) is 63.8 Å². The topological polar surface area (TPSA) is 19.0 Å². The number of fused-ring (bicyclic) bond motifs is 4. The van der Waals surface area contributed by atoms with Gasteiger partial charge in [0, 0.05) is 51.2 Å². The zero-order valence-electron chi connectivity index (χ0n) is 44.8. The van der Waals surface area contributed by atoms with E-state index in [1.807, 2.05) is 39.8 Å². The van der Waals surface area contributed by atoms with Gasteiger partial charge in [0.2, 0.25) is 0 Å². The minimum Gasteiger partial charge on any atom is -0.457 e. The molecule has 364 valence electrons. The summed E-state index contributed by atoms with van der Waals surface area (Å²) in [5.41, 5.74) is 22.3. The van der Waals surface area contributed by atoms with Gasteiger partial charge in [-0.2, -0.15) is 0 Å². The fraction of sp³-hybridized carbons (Fsp3) is 0.224. The molecule has 7 aromatic rings. The Balaban J connectivity index is 0.00000169. The Kier molecular flexibility index (Phi) is 15.5. The summed E-state index contributed by atoms with van der Waals surface area (Å²) in [6, 6.07) is 53.5. The maximum absolute atomic E-state index is 6.31. The highest BCUT2D eigenvalue weighted by Crippen LogP contribution is 2.46. The number of benzene rings is 7. The molecule has 0 spiro atoms. The van der Waals surface area contributed by atoms with Crippen molar-refractivity contribution in [2.75, 3.05) is 14.7 Å². The molecule has 4 nitrogen and oxygen atoms in total. The van der Waals surface area contributed by atoms with Gasteiger partial charge in [-0.3, -0.25) is 0 Å². The molecule has 2 aliphatic heterocycles. The standard InChI is InChI=1S/C63H60BN3O.2C2H6/c1-10-49(31-25-45(5)47-26-33-54(34-27-47)68-61-39-43(3)21-24-46(61)6)66-57-36-28-48(63(7,8)9)40-56(57)64-55-35-32-53(65(50-17-13-11-14-18-50)51-19-15-12-16-20-51)41-58(55)67(52-29-22-42(2)23-30-52)60-38-44(4)37-59(66)62(60)64;2*1-2/h10-11,13-15,17-41H,5,12,16H2,1-4,6-9H3;2*1-2H3/b31-25-,49-10+;;. The molecule has 10 rings (SSSR count). The highest BCUT2D eigenvalue weighted by molar-refractivity contribution is 7.00. The number of hydrogen-bond acceptors (Lipinski definition) is 4. The van der Waals surface area contributed by atoms with E-state index in [-0.39, 0.29) is 12.1 Å². The smallest absolute Gasteiger partial charge is 0.252 e. The average Bonchev–Trinajstić information content (AvgIpc) is 3.40. The van der Waals surface area contributed by atoms with E-state index in [1.165, 1.54) is 67.1 Å². The van der Waals surface area contributed by atoms with E-state index in [2.05, 4.69) is 247 Å². The van der Waals surface area contributed by atoms with Gasteiger partial charge in [0.15, 0.2) is 0 Å². The monoisotopic (exact) mass is 946 g/mol. The van der Waals surface area contributed by atoms with E-state index < -0.39 is 0 Å². The van der Waals surface area contributed by atoms with Crippen LogP contribution in [0, 0.1) is 27.7 Å². The van der Waals surface area contributed by atoms with Crippen LogP contribution in [-0.4, -0.2) is 6.71 Å². The summed E-state index contributed by atoms with van der Waals surface area (Å²) >= 11 is 0. The number of rotatable bonds is 10. The second kappa shape index (κ2) is 21.9. The van der Waals surface area contributed by atoms with Crippen LogP contribution in [0.15, 0.2) is 200 Å². The molecule has 0 bridgehead atoms. The number of para-hydroxylation sites is 1. The number of hydrogen-bond donors (Lipinski definition) is 0. The van der Waals surface area contributed by atoms with E-state index in [9.17, 15) is 0 Å². The molecule has 7 aromatic carbocycles. The Morgan fingerprint density at radius 1 is 0.639 bits per heavy atom. The summed E-state index contributed by atoms with van der Waals surface area (Å²) in [4.78, 5) is 7.43. The van der Waals surface area contributed by atoms with Crippen LogP contribution >= 0.6 is 0 Å². The summed E-state index contributed by atoms with van der Waals surface area (Å²) in [7, 11) is 0. The highest BCUT2D eigenvalue weighted by Gasteiger charge is 2.44. The van der Waals surface area contributed by atoms with Crippen LogP contribution in [0.3, 0.4) is 0 Å². The summed E-state index contributed by atoms with van der Waals surface area (Å²) in [5, 5.41) is 0. The molecule has 0 radical (unpaired) electrons. The lowest BCUT2D eigenvalue weighted by atomic mass is 9.33. The lowest BCUT2D eigenvalue weighted by molar-refractivity contribution is 0.478. The molecule has 2 heterocycles. The SMILES string of the molecule is C=C(/C=C\C(=C/C)N1c2ccc(C(C)(C)C)cc2B2c3ccc(N(C4=CCCC=C4)c4ccccc4)cc3N(c3ccc(C)cc3)c3cc(C)cc1c32)c1ccc(Oc2cc(C)ccc2C)cc1.CC.CC. The van der Waals surface area contributed by atoms with Gasteiger partial charge < -0.3 is 19.4 Å². The van der Waals surface area contributed by atoms with Crippen molar-refractivity contribution in [2.45, 2.75) is 101 Å². The van der Waals surface area contributed by atoms with Crippen LogP contribution in [0.5, 0.6) is 11.5 Å². The second-order valence-corrected chi connectivity index (χ2v) is 19.7. The lowest BCUT2D eigenvalue weighted by Gasteiger charge is -2.45. The first-order valence-corrected chi connectivity index (χ1v) is 26.1. The van der Waals surface area contributed by atoms with Crippen LogP contribution in [0.25, 0.3) is 5.57 Å². The molecule has 0 unspecified atom stereocenters. The van der Waals surface area contributed by atoms with Gasteiger partial charge in [0.05, 0.1) is 0 Å². The number of aryl methyl sites for hydroxylation is 4. The fourth-order valence-electron chi connectivity index (χ4n) is 10.0. The molecule has 5 heteroatoms. The maximum Gasteiger partial charge on any atom is 0.252 e. The molecule has 0 fully saturated rings. The molecular formula is C67H72BN3O. The molecule has 0 aromatic heterocycles. The molecule has 72 heavy (non-hydrogen) atoms. The first-order chi connectivity index (χ1) is 34.9. The third kappa shape index (κ3) is 10.2. The maximum atomic E-state index is 6.31. The van der Waals surface area contributed by atoms with Crippen LogP contribution in [0.1, 0.15) is 102 Å². The number of allylic oxidation sites excluding steroid dienone is 7. The normalized spacial score (nSPS) is 13.5. The lowest BCUT2D eigenvalue weighted by Crippen LogP contribution is -2.62. The third-order valence-corrected chi connectivity index (χ3v) is 13.7. The minimum absolute atomic E-state index is 0.0137. The van der Waals surface area contributed by atoms with Gasteiger partial charge in [-0.1, -0.05) is 158 Å². The van der Waals surface area contributed by atoms with E-state index in [4.69, 9.17) is 4.74 Å². The summed E-state index contributed by atoms with van der Waals surface area (Å²) in [6.45, 7) is 30.2. The van der Waals surface area contributed by atoms with Crippen LogP contribution < -0.4 is 35.8 Å². The molecule has 0 amide bonds. The summed E-state index contributed by atoms with van der Waals surface area (Å²) in [6.07, 6.45) is 15.6. The summed E-state index contributed by atoms with van der Waals surface area (Å²) in [5.74, 6) is 1.68. The van der Waals surface area contributed by atoms with Crippen LogP contribution in [-0.2, 0) is 5.41 Å². The molecule has 1 aliphatic carbocycles. The highest BCUT2D eigenvalue weighted by atomic mass is 16.5. The Labute approximate surface area is 432 Å². The van der Waals surface area contributed by atoms with Crippen molar-refractivity contribution >= 4 is 68.5 Å². The molecule has 3 aliphatic rings. The minimum atomic E-state index is -0.0521. The van der Waals surface area contributed by atoms with Crippen LogP contribution in [0.4, 0.5) is 39.8 Å². The van der Waals surface area contributed by atoms with Gasteiger partial charge in [0.25, 0.3) is 6.71 Å². The van der Waals surface area contributed by atoms with Gasteiger partial charge >= 0.3 is 0 Å².